The number of amides is 1. The molecule has 0 aliphatic heterocycles. The van der Waals surface area contributed by atoms with Gasteiger partial charge in [-0.1, -0.05) is 24.8 Å². The Morgan fingerprint density at radius 3 is 2.78 bits per heavy atom. The van der Waals surface area contributed by atoms with Gasteiger partial charge in [0.25, 0.3) is 0 Å². The molecular weight excluding hydrogens is 520 g/mol. The molecule has 12 heteroatoms. The molecule has 0 aliphatic carbocycles. The lowest BCUT2D eigenvalue weighted by molar-refractivity contribution is -0.130. The fourth-order valence-electron chi connectivity index (χ4n) is 3.76. The van der Waals surface area contributed by atoms with Crippen molar-refractivity contribution in [2.75, 3.05) is 58.0 Å². The number of carbonyl (C=O) groups excluding carboxylic acids is 2. The molecule has 4 N–H and O–H groups in total. The number of anilines is 3. The number of nitrogens with zero attached hydrogens (tertiary/aromatic N) is 6. The van der Waals surface area contributed by atoms with Crippen LogP contribution in [0.4, 0.5) is 17.5 Å². The number of hydrogen-bond donors (Lipinski definition) is 4. The summed E-state index contributed by atoms with van der Waals surface area (Å²) in [7, 11) is 5.49. The second kappa shape index (κ2) is 16.1. The number of aldehydes is 1. The molecule has 0 aromatic carbocycles. The van der Waals surface area contributed by atoms with Gasteiger partial charge in [0.1, 0.15) is 12.1 Å². The van der Waals surface area contributed by atoms with E-state index in [2.05, 4.69) is 59.9 Å². The number of unbranched alkanes of at least 4 members (excludes halogenated alkanes) is 1. The summed E-state index contributed by atoms with van der Waals surface area (Å²) in [4.78, 5) is 40.7. The minimum absolute atomic E-state index is 0.196. The van der Waals surface area contributed by atoms with Gasteiger partial charge in [-0.05, 0) is 46.5 Å². The number of likely N-dealkylation sites (N-methyl/N-ethyl adjacent to an activating group) is 2. The zero-order valence-corrected chi connectivity index (χ0v) is 24.5. The quantitative estimate of drug-likeness (QED) is 0.0947. The number of aryl methyl sites for hydroxylation is 1. The van der Waals surface area contributed by atoms with Crippen molar-refractivity contribution in [2.24, 2.45) is 0 Å². The fraction of sp³-hybridized carbons (Fsp3) is 0.448. The van der Waals surface area contributed by atoms with Gasteiger partial charge < -0.3 is 30.5 Å². The molecule has 0 bridgehead atoms. The van der Waals surface area contributed by atoms with Crippen molar-refractivity contribution >= 4 is 40.7 Å². The predicted molar refractivity (Wildman–Crippen MR) is 162 cm³/mol. The molecule has 3 rings (SSSR count). The Bertz CT molecular complexity index is 1390. The van der Waals surface area contributed by atoms with E-state index in [4.69, 9.17) is 0 Å². The molecule has 12 nitrogen and oxygen atoms in total. The third-order valence-corrected chi connectivity index (χ3v) is 6.15. The summed E-state index contributed by atoms with van der Waals surface area (Å²) >= 11 is 0. The molecular formula is C29H40N10O2. The molecule has 0 radical (unpaired) electrons. The van der Waals surface area contributed by atoms with Gasteiger partial charge in [0.05, 0.1) is 29.7 Å². The van der Waals surface area contributed by atoms with Crippen LogP contribution in [0.5, 0.6) is 0 Å². The maximum Gasteiger partial charge on any atom is 0.246 e. The Hall–Kier alpha value is -4.34. The van der Waals surface area contributed by atoms with Crippen molar-refractivity contribution in [3.05, 3.63) is 41.9 Å². The van der Waals surface area contributed by atoms with E-state index in [0.717, 1.165) is 48.0 Å². The first-order valence-electron chi connectivity index (χ1n) is 13.7. The third-order valence-electron chi connectivity index (χ3n) is 6.15. The van der Waals surface area contributed by atoms with Gasteiger partial charge in [-0.15, -0.1) is 0 Å². The van der Waals surface area contributed by atoms with Crippen LogP contribution < -0.4 is 16.0 Å². The summed E-state index contributed by atoms with van der Waals surface area (Å²) in [5.41, 5.74) is 3.09. The van der Waals surface area contributed by atoms with Gasteiger partial charge in [-0.3, -0.25) is 9.89 Å². The zero-order valence-electron chi connectivity index (χ0n) is 24.5. The molecule has 0 saturated carbocycles. The normalized spacial score (nSPS) is 11.9. The fourth-order valence-corrected chi connectivity index (χ4v) is 3.76. The Morgan fingerprint density at radius 2 is 2.02 bits per heavy atom. The lowest BCUT2D eigenvalue weighted by atomic mass is 10.2. The highest BCUT2D eigenvalue weighted by molar-refractivity contribution is 5.89. The van der Waals surface area contributed by atoms with Crippen molar-refractivity contribution in [1.82, 2.24) is 40.3 Å². The van der Waals surface area contributed by atoms with E-state index < -0.39 is 6.04 Å². The number of carbonyl (C=O) groups is 2. The zero-order chi connectivity index (χ0) is 29.6. The monoisotopic (exact) mass is 560 g/mol. The summed E-state index contributed by atoms with van der Waals surface area (Å²) < 4.78 is 0. The average molecular weight is 561 g/mol. The molecule has 0 aliphatic rings. The van der Waals surface area contributed by atoms with E-state index in [9.17, 15) is 9.59 Å². The summed E-state index contributed by atoms with van der Waals surface area (Å²) in [5.74, 6) is 7.28. The number of pyridine rings is 1. The number of rotatable bonds is 15. The topological polar surface area (TPSA) is 144 Å². The van der Waals surface area contributed by atoms with Crippen LogP contribution in [0.1, 0.15) is 37.4 Å². The van der Waals surface area contributed by atoms with E-state index in [0.29, 0.717) is 43.5 Å². The minimum Gasteiger partial charge on any atom is -0.369 e. The van der Waals surface area contributed by atoms with Gasteiger partial charge in [0, 0.05) is 50.3 Å². The number of aromatic amines is 1. The summed E-state index contributed by atoms with van der Waals surface area (Å²) in [6.45, 7) is 6.52. The lowest BCUT2D eigenvalue weighted by Crippen LogP contribution is -2.44. The second-order valence-electron chi connectivity index (χ2n) is 9.88. The van der Waals surface area contributed by atoms with Crippen LogP contribution >= 0.6 is 0 Å². The molecule has 0 spiro atoms. The Kier molecular flexibility index (Phi) is 12.2. The van der Waals surface area contributed by atoms with Crippen LogP contribution in [0.25, 0.3) is 11.0 Å². The molecule has 0 saturated heterocycles. The molecule has 1 amide bonds. The van der Waals surface area contributed by atoms with Gasteiger partial charge in [0.15, 0.2) is 5.65 Å². The molecule has 41 heavy (non-hydrogen) atoms. The summed E-state index contributed by atoms with van der Waals surface area (Å²) in [6, 6.07) is 1.43. The molecule has 218 valence electrons. The Morgan fingerprint density at radius 1 is 1.20 bits per heavy atom. The maximum absolute atomic E-state index is 12.3. The number of aromatic nitrogens is 5. The van der Waals surface area contributed by atoms with E-state index in [1.165, 1.54) is 11.0 Å². The first kappa shape index (κ1) is 31.2. The number of nitrogens with one attached hydrogen (secondary N) is 4. The van der Waals surface area contributed by atoms with Gasteiger partial charge >= 0.3 is 0 Å². The van der Waals surface area contributed by atoms with Crippen molar-refractivity contribution in [3.8, 4) is 11.8 Å². The minimum atomic E-state index is -0.532. The van der Waals surface area contributed by atoms with Crippen molar-refractivity contribution < 1.29 is 9.59 Å². The molecule has 1 unspecified atom stereocenters. The number of H-pyrrole nitrogens is 1. The number of hydrogen-bond acceptors (Lipinski definition) is 10. The smallest absolute Gasteiger partial charge is 0.246 e. The van der Waals surface area contributed by atoms with Crippen molar-refractivity contribution in [2.45, 2.75) is 39.2 Å². The van der Waals surface area contributed by atoms with Gasteiger partial charge in [-0.25, -0.2) is 9.97 Å². The van der Waals surface area contributed by atoms with Crippen LogP contribution in [0.3, 0.4) is 0 Å². The van der Waals surface area contributed by atoms with Gasteiger partial charge in [0.2, 0.25) is 11.9 Å². The highest BCUT2D eigenvalue weighted by atomic mass is 16.2. The molecule has 3 aromatic heterocycles. The SMILES string of the molecule is CCCNc1nc(Nc2cnc3n[nH]c(C)c3c2)ncc1C#CCCCNCC(C=O)N(C)C(=O)/C=C/CN(C)C. The van der Waals surface area contributed by atoms with Crippen LogP contribution in [0.15, 0.2) is 30.6 Å². The molecule has 0 fully saturated rings. The Balaban J connectivity index is 1.51. The van der Waals surface area contributed by atoms with Crippen LogP contribution in [0, 0.1) is 18.8 Å². The van der Waals surface area contributed by atoms with Crippen LogP contribution in [0.2, 0.25) is 0 Å². The molecule has 1 atom stereocenters. The standard InChI is InChI=1S/C29H40N10O2/c1-6-13-31-27-22(17-33-29(35-27)34-23-16-25-21(2)36-37-28(25)32-18-23)11-8-7-9-14-30-19-24(20-40)39(5)26(41)12-10-15-38(3)4/h10,12,16-18,20,24,30H,6-7,9,13-15,19H2,1-5H3,(H,32,36,37)(H2,31,33,34,35)/b12-10+. The second-order valence-corrected chi connectivity index (χ2v) is 9.88. The summed E-state index contributed by atoms with van der Waals surface area (Å²) in [5, 5.41) is 17.8. The van der Waals surface area contributed by atoms with Crippen LogP contribution in [-0.4, -0.2) is 101 Å². The van der Waals surface area contributed by atoms with Crippen LogP contribution in [-0.2, 0) is 9.59 Å². The lowest BCUT2D eigenvalue weighted by Gasteiger charge is -2.23. The summed E-state index contributed by atoms with van der Waals surface area (Å²) in [6.07, 6.45) is 9.88. The highest BCUT2D eigenvalue weighted by Crippen LogP contribution is 2.21. The first-order chi connectivity index (χ1) is 19.8. The third kappa shape index (κ3) is 9.66. The molecule has 3 aromatic rings. The predicted octanol–water partition coefficient (Wildman–Crippen LogP) is 2.49. The van der Waals surface area contributed by atoms with E-state index in [1.807, 2.05) is 32.0 Å². The average Bonchev–Trinajstić information content (AvgIpc) is 3.33. The van der Waals surface area contributed by atoms with Crippen molar-refractivity contribution in [1.29, 1.82) is 0 Å². The Labute approximate surface area is 241 Å². The van der Waals surface area contributed by atoms with E-state index in [1.54, 1.807) is 25.5 Å². The van der Waals surface area contributed by atoms with Crippen molar-refractivity contribution in [3.63, 3.8) is 0 Å². The first-order valence-corrected chi connectivity index (χ1v) is 13.7. The molecule has 3 heterocycles. The highest BCUT2D eigenvalue weighted by Gasteiger charge is 2.16. The van der Waals surface area contributed by atoms with E-state index in [-0.39, 0.29) is 5.91 Å². The largest absolute Gasteiger partial charge is 0.369 e. The maximum atomic E-state index is 12.3. The number of fused-ring (bicyclic) bond motifs is 1. The van der Waals surface area contributed by atoms with Gasteiger partial charge in [-0.2, -0.15) is 10.1 Å². The van der Waals surface area contributed by atoms with E-state index >= 15 is 0 Å².